The molecule has 4 rings (SSSR count). The number of carbonyl (C=O) groups excluding carboxylic acids is 2. The number of hydrogen-bond donors (Lipinski definition) is 4. The number of rotatable bonds is 8. The molecule has 1 aromatic carbocycles. The summed E-state index contributed by atoms with van der Waals surface area (Å²) in [5.74, 6) is -0.686. The lowest BCUT2D eigenvalue weighted by Crippen LogP contribution is -2.39. The number of amides is 2. The molecule has 196 valence electrons. The van der Waals surface area contributed by atoms with Crippen molar-refractivity contribution in [1.82, 2.24) is 15.4 Å². The molecule has 0 unspecified atom stereocenters. The Bertz CT molecular complexity index is 1090. The molecule has 10 nitrogen and oxygen atoms in total. The van der Waals surface area contributed by atoms with Crippen molar-refractivity contribution in [1.29, 1.82) is 0 Å². The maximum atomic E-state index is 13.3. The van der Waals surface area contributed by atoms with Crippen molar-refractivity contribution >= 4 is 17.5 Å². The van der Waals surface area contributed by atoms with E-state index in [-0.39, 0.29) is 51.9 Å². The van der Waals surface area contributed by atoms with Gasteiger partial charge in [-0.15, -0.1) is 0 Å². The zero-order valence-electron chi connectivity index (χ0n) is 21.2. The van der Waals surface area contributed by atoms with Crippen LogP contribution in [-0.2, 0) is 9.53 Å². The Morgan fingerprint density at radius 3 is 2.61 bits per heavy atom. The van der Waals surface area contributed by atoms with Crippen molar-refractivity contribution in [3.8, 4) is 22.8 Å². The van der Waals surface area contributed by atoms with Gasteiger partial charge in [0.05, 0.1) is 18.8 Å². The molecule has 0 bridgehead atoms. The number of aromatic hydroxyl groups is 2. The quantitative estimate of drug-likeness (QED) is 0.433. The second-order valence-corrected chi connectivity index (χ2v) is 9.96. The highest BCUT2D eigenvalue weighted by molar-refractivity contribution is 6.06. The summed E-state index contributed by atoms with van der Waals surface area (Å²) >= 11 is 0. The zero-order chi connectivity index (χ0) is 25.8. The van der Waals surface area contributed by atoms with E-state index in [0.717, 1.165) is 52.1 Å². The molecule has 0 spiro atoms. The minimum Gasteiger partial charge on any atom is -0.508 e. The summed E-state index contributed by atoms with van der Waals surface area (Å²) in [5.41, 5.74) is 0.907. The Kier molecular flexibility index (Phi) is 8.15. The third kappa shape index (κ3) is 5.65. The van der Waals surface area contributed by atoms with Crippen LogP contribution in [0, 0.1) is 11.8 Å². The molecule has 1 aromatic heterocycles. The first-order chi connectivity index (χ1) is 17.3. The normalized spacial score (nSPS) is 20.6. The lowest BCUT2D eigenvalue weighted by molar-refractivity contribution is -0.119. The maximum Gasteiger partial charge on any atom is 0.275 e. The molecule has 2 fully saturated rings. The van der Waals surface area contributed by atoms with Crippen molar-refractivity contribution in [3.05, 3.63) is 23.4 Å². The van der Waals surface area contributed by atoms with Gasteiger partial charge in [-0.2, -0.15) is 0 Å². The monoisotopic (exact) mass is 500 g/mol. The molecular weight excluding hydrogens is 464 g/mol. The summed E-state index contributed by atoms with van der Waals surface area (Å²) in [7, 11) is 0. The third-order valence-electron chi connectivity index (χ3n) is 7.04. The number of carbonyl (C=O) groups is 2. The fourth-order valence-corrected chi connectivity index (χ4v) is 5.08. The number of hydrogen-bond acceptors (Lipinski definition) is 8. The standard InChI is InChI=1S/C26H36N4O6/c1-4-27-26(34)23-22(24(36-29-23)19-12-18(15(2)3)20(31)13-21(19)32)28-25(33)17-6-5-16(11-17)14-30-7-9-35-10-8-30/h12-13,15-17,31-32H,4-11,14H2,1-3H3,(H,27,34)(H,28,33)/t16-,17+/m1/s1. The lowest BCUT2D eigenvalue weighted by Gasteiger charge is -2.29. The van der Waals surface area contributed by atoms with Gasteiger partial charge in [-0.3, -0.25) is 14.5 Å². The van der Waals surface area contributed by atoms with Crippen molar-refractivity contribution in [3.63, 3.8) is 0 Å². The average Bonchev–Trinajstić information content (AvgIpc) is 3.47. The van der Waals surface area contributed by atoms with Crippen LogP contribution in [0.3, 0.4) is 0 Å². The van der Waals surface area contributed by atoms with Crippen molar-refractivity contribution in [2.45, 2.75) is 46.0 Å². The van der Waals surface area contributed by atoms with Crippen LogP contribution in [0.4, 0.5) is 5.69 Å². The highest BCUT2D eigenvalue weighted by Gasteiger charge is 2.34. The van der Waals surface area contributed by atoms with Crippen LogP contribution in [0.25, 0.3) is 11.3 Å². The van der Waals surface area contributed by atoms with E-state index in [0.29, 0.717) is 18.0 Å². The second-order valence-electron chi connectivity index (χ2n) is 9.96. The van der Waals surface area contributed by atoms with Gasteiger partial charge in [-0.05, 0) is 49.7 Å². The molecule has 2 aliphatic rings. The molecule has 0 radical (unpaired) electrons. The van der Waals surface area contributed by atoms with Crippen LogP contribution < -0.4 is 10.6 Å². The molecule has 36 heavy (non-hydrogen) atoms. The largest absolute Gasteiger partial charge is 0.508 e. The van der Waals surface area contributed by atoms with Gasteiger partial charge in [0.15, 0.2) is 11.5 Å². The first-order valence-corrected chi connectivity index (χ1v) is 12.7. The van der Waals surface area contributed by atoms with E-state index >= 15 is 0 Å². The van der Waals surface area contributed by atoms with Crippen molar-refractivity contribution < 1.29 is 29.1 Å². The minimum absolute atomic E-state index is 0.0324. The number of phenols is 2. The van der Waals surface area contributed by atoms with Gasteiger partial charge >= 0.3 is 0 Å². The maximum absolute atomic E-state index is 13.3. The fraction of sp³-hybridized carbons (Fsp3) is 0.577. The summed E-state index contributed by atoms with van der Waals surface area (Å²) in [6.45, 7) is 10.3. The average molecular weight is 501 g/mol. The van der Waals surface area contributed by atoms with Crippen LogP contribution in [0.15, 0.2) is 16.7 Å². The van der Waals surface area contributed by atoms with Gasteiger partial charge in [-0.1, -0.05) is 19.0 Å². The van der Waals surface area contributed by atoms with Crippen LogP contribution in [-0.4, -0.2) is 71.5 Å². The molecule has 2 amide bonds. The van der Waals surface area contributed by atoms with Crippen molar-refractivity contribution in [2.75, 3.05) is 44.7 Å². The van der Waals surface area contributed by atoms with E-state index in [1.54, 1.807) is 13.0 Å². The summed E-state index contributed by atoms with van der Waals surface area (Å²) in [4.78, 5) is 28.4. The molecule has 4 N–H and O–H groups in total. The number of aromatic nitrogens is 1. The second kappa shape index (κ2) is 11.3. The van der Waals surface area contributed by atoms with Gasteiger partial charge in [-0.25, -0.2) is 0 Å². The molecule has 2 aromatic rings. The first kappa shape index (κ1) is 26.0. The number of anilines is 1. The molecule has 1 saturated heterocycles. The molecule has 10 heteroatoms. The van der Waals surface area contributed by atoms with Crippen LogP contribution in [0.5, 0.6) is 11.5 Å². The first-order valence-electron chi connectivity index (χ1n) is 12.7. The Morgan fingerprint density at radius 2 is 1.92 bits per heavy atom. The van der Waals surface area contributed by atoms with Crippen LogP contribution in [0.2, 0.25) is 0 Å². The lowest BCUT2D eigenvalue weighted by atomic mass is 9.97. The summed E-state index contributed by atoms with van der Waals surface area (Å²) in [6, 6.07) is 2.83. The molecule has 2 heterocycles. The van der Waals surface area contributed by atoms with E-state index in [1.807, 2.05) is 13.8 Å². The van der Waals surface area contributed by atoms with E-state index in [2.05, 4.69) is 20.7 Å². The zero-order valence-corrected chi connectivity index (χ0v) is 21.2. The topological polar surface area (TPSA) is 137 Å². The Labute approximate surface area is 211 Å². The molecular formula is C26H36N4O6. The molecule has 2 atom stereocenters. The van der Waals surface area contributed by atoms with E-state index < -0.39 is 5.91 Å². The Morgan fingerprint density at radius 1 is 1.17 bits per heavy atom. The van der Waals surface area contributed by atoms with Gasteiger partial charge in [0.2, 0.25) is 5.91 Å². The highest BCUT2D eigenvalue weighted by atomic mass is 16.5. The number of benzene rings is 1. The van der Waals surface area contributed by atoms with Gasteiger partial charge < -0.3 is 30.1 Å². The molecule has 1 aliphatic carbocycles. The number of morpholine rings is 1. The SMILES string of the molecule is CCNC(=O)c1noc(-c2cc(C(C)C)c(O)cc2O)c1NC(=O)[C@H]1CC[C@@H](CN2CCOCC2)C1. The predicted octanol–water partition coefficient (Wildman–Crippen LogP) is 3.31. The Balaban J connectivity index is 1.57. The number of nitrogens with one attached hydrogen (secondary N) is 2. The smallest absolute Gasteiger partial charge is 0.275 e. The third-order valence-corrected chi connectivity index (χ3v) is 7.04. The van der Waals surface area contributed by atoms with E-state index in [4.69, 9.17) is 9.26 Å². The van der Waals surface area contributed by atoms with E-state index in [1.165, 1.54) is 6.07 Å². The summed E-state index contributed by atoms with van der Waals surface area (Å²) in [5, 5.41) is 30.3. The van der Waals surface area contributed by atoms with Gasteiger partial charge in [0.25, 0.3) is 5.91 Å². The molecule has 1 saturated carbocycles. The van der Waals surface area contributed by atoms with Crippen molar-refractivity contribution in [2.24, 2.45) is 11.8 Å². The number of ether oxygens (including phenoxy) is 1. The van der Waals surface area contributed by atoms with Crippen LogP contribution in [0.1, 0.15) is 62.0 Å². The summed E-state index contributed by atoms with van der Waals surface area (Å²) in [6.07, 6.45) is 2.49. The van der Waals surface area contributed by atoms with E-state index in [9.17, 15) is 19.8 Å². The minimum atomic E-state index is -0.484. The number of nitrogens with zero attached hydrogens (tertiary/aromatic N) is 2. The summed E-state index contributed by atoms with van der Waals surface area (Å²) < 4.78 is 10.9. The van der Waals surface area contributed by atoms with Crippen LogP contribution >= 0.6 is 0 Å². The van der Waals surface area contributed by atoms with Gasteiger partial charge in [0.1, 0.15) is 17.2 Å². The molecule has 1 aliphatic heterocycles. The Hall–Kier alpha value is -3.11. The number of phenolic OH excluding ortho intramolecular Hbond substituents is 2. The fourth-order valence-electron chi connectivity index (χ4n) is 5.08. The van der Waals surface area contributed by atoms with Gasteiger partial charge in [0, 0.05) is 38.2 Å². The predicted molar refractivity (Wildman–Crippen MR) is 134 cm³/mol. The highest BCUT2D eigenvalue weighted by Crippen LogP contribution is 2.42.